The number of nitrogens with two attached hydrogens (primary N) is 1. The third-order valence-corrected chi connectivity index (χ3v) is 4.19. The molecule has 0 saturated carbocycles. The SMILES string of the molecule is CNCC(=Cc1cccc(NN)n1)B1OC(C)(C)C(C)(C)O1. The molecule has 1 aromatic rings. The first-order chi connectivity index (χ1) is 10.3. The number of hydrogen-bond donors (Lipinski definition) is 3. The van der Waals surface area contributed by atoms with Crippen LogP contribution in [-0.2, 0) is 9.31 Å². The average molecular weight is 304 g/mol. The van der Waals surface area contributed by atoms with Gasteiger partial charge in [0.1, 0.15) is 5.82 Å². The van der Waals surface area contributed by atoms with Gasteiger partial charge < -0.3 is 20.1 Å². The Morgan fingerprint density at radius 2 is 1.91 bits per heavy atom. The van der Waals surface area contributed by atoms with Crippen molar-refractivity contribution in [2.24, 2.45) is 5.84 Å². The summed E-state index contributed by atoms with van der Waals surface area (Å²) in [5.74, 6) is 6.02. The minimum Gasteiger partial charge on any atom is -0.400 e. The lowest BCUT2D eigenvalue weighted by Gasteiger charge is -2.32. The van der Waals surface area contributed by atoms with Gasteiger partial charge in [-0.15, -0.1) is 0 Å². The van der Waals surface area contributed by atoms with E-state index in [1.165, 1.54) is 0 Å². The Morgan fingerprint density at radius 3 is 2.45 bits per heavy atom. The van der Waals surface area contributed by atoms with Crippen LogP contribution in [0.2, 0.25) is 0 Å². The summed E-state index contributed by atoms with van der Waals surface area (Å²) >= 11 is 0. The van der Waals surface area contributed by atoms with Crippen LogP contribution in [0.1, 0.15) is 33.4 Å². The molecule has 4 N–H and O–H groups in total. The quantitative estimate of drug-likeness (QED) is 0.435. The molecule has 1 aliphatic rings. The molecule has 1 aliphatic heterocycles. The molecular formula is C15H25BN4O2. The van der Waals surface area contributed by atoms with Crippen molar-refractivity contribution in [2.45, 2.75) is 38.9 Å². The number of nitrogens with zero attached hydrogens (tertiary/aromatic N) is 1. The van der Waals surface area contributed by atoms with Gasteiger partial charge in [-0.05, 0) is 58.4 Å². The van der Waals surface area contributed by atoms with Gasteiger partial charge in [0.15, 0.2) is 0 Å². The molecule has 0 atom stereocenters. The largest absolute Gasteiger partial charge is 0.491 e. The van der Waals surface area contributed by atoms with Gasteiger partial charge in [0.2, 0.25) is 0 Å². The Morgan fingerprint density at radius 1 is 1.27 bits per heavy atom. The summed E-state index contributed by atoms with van der Waals surface area (Å²) in [6, 6.07) is 5.63. The lowest BCUT2D eigenvalue weighted by Crippen LogP contribution is -2.41. The second-order valence-electron chi connectivity index (χ2n) is 6.43. The summed E-state index contributed by atoms with van der Waals surface area (Å²) in [7, 11) is 1.50. The van der Waals surface area contributed by atoms with E-state index in [0.717, 1.165) is 11.2 Å². The Labute approximate surface area is 132 Å². The average Bonchev–Trinajstić information content (AvgIpc) is 2.67. The van der Waals surface area contributed by atoms with Crippen LogP contribution in [0.15, 0.2) is 23.7 Å². The van der Waals surface area contributed by atoms with Crippen molar-refractivity contribution >= 4 is 19.0 Å². The number of likely N-dealkylation sites (N-methyl/N-ethyl adjacent to an activating group) is 1. The molecule has 0 radical (unpaired) electrons. The molecule has 0 unspecified atom stereocenters. The minimum absolute atomic E-state index is 0.363. The topological polar surface area (TPSA) is 81.4 Å². The molecule has 120 valence electrons. The highest BCUT2D eigenvalue weighted by molar-refractivity contribution is 6.55. The molecule has 0 aromatic carbocycles. The summed E-state index contributed by atoms with van der Waals surface area (Å²) in [4.78, 5) is 4.41. The van der Waals surface area contributed by atoms with Gasteiger partial charge in [0.05, 0.1) is 16.9 Å². The smallest absolute Gasteiger partial charge is 0.400 e. The van der Waals surface area contributed by atoms with E-state index in [0.29, 0.717) is 12.4 Å². The van der Waals surface area contributed by atoms with Crippen LogP contribution in [0, 0.1) is 0 Å². The lowest BCUT2D eigenvalue weighted by atomic mass is 9.77. The molecule has 7 heteroatoms. The zero-order valence-corrected chi connectivity index (χ0v) is 13.9. The molecule has 1 aromatic heterocycles. The summed E-state index contributed by atoms with van der Waals surface area (Å²) in [5, 5.41) is 3.15. The van der Waals surface area contributed by atoms with Crippen molar-refractivity contribution in [1.29, 1.82) is 0 Å². The maximum atomic E-state index is 6.11. The number of hydrazine groups is 1. The van der Waals surface area contributed by atoms with Crippen molar-refractivity contribution < 1.29 is 9.31 Å². The van der Waals surface area contributed by atoms with Crippen LogP contribution >= 0.6 is 0 Å². The maximum Gasteiger partial charge on any atom is 0.491 e. The molecule has 6 nitrogen and oxygen atoms in total. The number of hydrogen-bond acceptors (Lipinski definition) is 6. The normalized spacial score (nSPS) is 20.3. The van der Waals surface area contributed by atoms with Crippen molar-refractivity contribution in [3.63, 3.8) is 0 Å². The highest BCUT2D eigenvalue weighted by atomic mass is 16.7. The second kappa shape index (κ2) is 6.38. The van der Waals surface area contributed by atoms with E-state index in [2.05, 4.69) is 15.7 Å². The Balaban J connectivity index is 2.29. The number of anilines is 1. The summed E-state index contributed by atoms with van der Waals surface area (Å²) in [6.45, 7) is 8.82. The fraction of sp³-hybridized carbons (Fsp3) is 0.533. The van der Waals surface area contributed by atoms with Gasteiger partial charge >= 0.3 is 7.12 Å². The van der Waals surface area contributed by atoms with Crippen LogP contribution in [0.25, 0.3) is 6.08 Å². The first-order valence-electron chi connectivity index (χ1n) is 7.43. The third-order valence-electron chi connectivity index (χ3n) is 4.19. The van der Waals surface area contributed by atoms with Crippen molar-refractivity contribution in [1.82, 2.24) is 10.3 Å². The molecule has 0 amide bonds. The molecule has 0 bridgehead atoms. The number of nitrogens with one attached hydrogen (secondary N) is 2. The van der Waals surface area contributed by atoms with Gasteiger partial charge in [0.25, 0.3) is 0 Å². The lowest BCUT2D eigenvalue weighted by molar-refractivity contribution is 0.00578. The molecule has 1 fully saturated rings. The van der Waals surface area contributed by atoms with E-state index in [1.807, 2.05) is 59.0 Å². The van der Waals surface area contributed by atoms with Crippen LogP contribution in [0.4, 0.5) is 5.82 Å². The van der Waals surface area contributed by atoms with Gasteiger partial charge in [-0.3, -0.25) is 0 Å². The molecule has 0 spiro atoms. The fourth-order valence-corrected chi connectivity index (χ4v) is 2.20. The van der Waals surface area contributed by atoms with E-state index in [1.54, 1.807) is 0 Å². The Bertz CT molecular complexity index is 544. The van der Waals surface area contributed by atoms with Gasteiger partial charge in [-0.2, -0.15) is 0 Å². The van der Waals surface area contributed by atoms with Crippen molar-refractivity contribution in [3.05, 3.63) is 29.4 Å². The van der Waals surface area contributed by atoms with Crippen LogP contribution in [0.3, 0.4) is 0 Å². The minimum atomic E-state index is -0.395. The zero-order valence-electron chi connectivity index (χ0n) is 13.9. The molecule has 2 rings (SSSR count). The zero-order chi connectivity index (χ0) is 16.4. The van der Waals surface area contributed by atoms with E-state index >= 15 is 0 Å². The van der Waals surface area contributed by atoms with E-state index < -0.39 is 7.12 Å². The predicted molar refractivity (Wildman–Crippen MR) is 90.0 cm³/mol. The first kappa shape index (κ1) is 17.0. The van der Waals surface area contributed by atoms with Gasteiger partial charge in [0, 0.05) is 6.54 Å². The number of nitrogen functional groups attached to an aromatic ring is 1. The molecular weight excluding hydrogens is 279 g/mol. The second-order valence-corrected chi connectivity index (χ2v) is 6.43. The van der Waals surface area contributed by atoms with Gasteiger partial charge in [-0.25, -0.2) is 10.8 Å². The summed E-state index contributed by atoms with van der Waals surface area (Å²) < 4.78 is 12.2. The number of aromatic nitrogens is 1. The van der Waals surface area contributed by atoms with E-state index in [4.69, 9.17) is 15.2 Å². The van der Waals surface area contributed by atoms with Crippen LogP contribution < -0.4 is 16.6 Å². The first-order valence-corrected chi connectivity index (χ1v) is 7.43. The highest BCUT2D eigenvalue weighted by Gasteiger charge is 2.52. The maximum absolute atomic E-state index is 6.11. The molecule has 1 saturated heterocycles. The van der Waals surface area contributed by atoms with Crippen LogP contribution in [-0.4, -0.2) is 36.9 Å². The molecule has 0 aliphatic carbocycles. The predicted octanol–water partition coefficient (Wildman–Crippen LogP) is 1.60. The fourth-order valence-electron chi connectivity index (χ4n) is 2.20. The summed E-state index contributed by atoms with van der Waals surface area (Å²) in [5.41, 5.74) is 3.61. The van der Waals surface area contributed by atoms with Crippen molar-refractivity contribution in [3.8, 4) is 0 Å². The van der Waals surface area contributed by atoms with E-state index in [9.17, 15) is 0 Å². The summed E-state index contributed by atoms with van der Waals surface area (Å²) in [6.07, 6.45) is 1.97. The molecule has 2 heterocycles. The Kier molecular flexibility index (Phi) is 4.92. The third kappa shape index (κ3) is 3.49. The highest BCUT2D eigenvalue weighted by Crippen LogP contribution is 2.38. The number of rotatable bonds is 5. The Hall–Kier alpha value is -1.41. The van der Waals surface area contributed by atoms with Crippen molar-refractivity contribution in [2.75, 3.05) is 19.0 Å². The number of pyridine rings is 1. The van der Waals surface area contributed by atoms with Crippen LogP contribution in [0.5, 0.6) is 0 Å². The molecule has 22 heavy (non-hydrogen) atoms. The van der Waals surface area contributed by atoms with E-state index in [-0.39, 0.29) is 11.2 Å². The monoisotopic (exact) mass is 304 g/mol. The van der Waals surface area contributed by atoms with Gasteiger partial charge in [-0.1, -0.05) is 6.07 Å². The standard InChI is InChI=1S/C15H25BN4O2/c1-14(2)15(3,4)22-16(21-14)11(10-18-5)9-12-7-6-8-13(19-12)20-17/h6-9,18H,10,17H2,1-5H3,(H,19,20).